The molecule has 1 aromatic carbocycles. The van der Waals surface area contributed by atoms with Gasteiger partial charge in [-0.15, -0.1) is 12.3 Å². The van der Waals surface area contributed by atoms with E-state index >= 15 is 0 Å². The van der Waals surface area contributed by atoms with Gasteiger partial charge >= 0.3 is 0 Å². The van der Waals surface area contributed by atoms with Gasteiger partial charge in [0.25, 0.3) is 5.91 Å². The molecule has 1 aromatic rings. The minimum Gasteiger partial charge on any atom is -0.508 e. The van der Waals surface area contributed by atoms with Crippen molar-refractivity contribution in [1.29, 1.82) is 0 Å². The highest BCUT2D eigenvalue weighted by Gasteiger charge is 2.04. The summed E-state index contributed by atoms with van der Waals surface area (Å²) < 4.78 is 0. The number of terminal acetylenes is 1. The van der Waals surface area contributed by atoms with E-state index in [1.165, 1.54) is 12.1 Å². The number of aromatic hydroxyl groups is 1. The van der Waals surface area contributed by atoms with Crippen LogP contribution in [-0.4, -0.2) is 17.6 Å². The second-order valence-corrected chi connectivity index (χ2v) is 3.47. The summed E-state index contributed by atoms with van der Waals surface area (Å²) in [6, 6.07) is 6.28. The molecule has 0 radical (unpaired) electrons. The molecular weight excluding hydrogens is 202 g/mol. The Labute approximate surface area is 95.5 Å². The highest BCUT2D eigenvalue weighted by Crippen LogP contribution is 2.10. The summed E-state index contributed by atoms with van der Waals surface area (Å²) in [7, 11) is 0. The largest absolute Gasteiger partial charge is 0.508 e. The van der Waals surface area contributed by atoms with E-state index in [0.717, 1.165) is 19.3 Å². The van der Waals surface area contributed by atoms with E-state index in [1.807, 2.05) is 0 Å². The third-order valence-electron chi connectivity index (χ3n) is 2.14. The third kappa shape index (κ3) is 4.05. The molecule has 0 heterocycles. The Bertz CT molecular complexity index is 393. The van der Waals surface area contributed by atoms with Gasteiger partial charge in [0.05, 0.1) is 0 Å². The van der Waals surface area contributed by atoms with E-state index < -0.39 is 0 Å². The summed E-state index contributed by atoms with van der Waals surface area (Å²) in [4.78, 5) is 11.6. The van der Waals surface area contributed by atoms with Crippen LogP contribution in [0.3, 0.4) is 0 Å². The zero-order valence-corrected chi connectivity index (χ0v) is 9.07. The Balaban J connectivity index is 2.33. The smallest absolute Gasteiger partial charge is 0.251 e. The fourth-order valence-electron chi connectivity index (χ4n) is 1.30. The summed E-state index contributed by atoms with van der Waals surface area (Å²) >= 11 is 0. The van der Waals surface area contributed by atoms with Gasteiger partial charge in [-0.2, -0.15) is 0 Å². The lowest BCUT2D eigenvalue weighted by molar-refractivity contribution is 0.0952. The zero-order valence-electron chi connectivity index (χ0n) is 9.07. The van der Waals surface area contributed by atoms with Gasteiger partial charge in [-0.25, -0.2) is 0 Å². The first-order chi connectivity index (χ1) is 7.74. The molecule has 3 nitrogen and oxygen atoms in total. The van der Waals surface area contributed by atoms with E-state index in [4.69, 9.17) is 6.42 Å². The Morgan fingerprint density at radius 3 is 2.94 bits per heavy atom. The fraction of sp³-hybridized carbons (Fsp3) is 0.308. The minimum absolute atomic E-state index is 0.0972. The van der Waals surface area contributed by atoms with Crippen molar-refractivity contribution in [3.8, 4) is 18.1 Å². The molecule has 0 spiro atoms. The van der Waals surface area contributed by atoms with E-state index in [2.05, 4.69) is 11.2 Å². The van der Waals surface area contributed by atoms with Crippen LogP contribution in [0.1, 0.15) is 29.6 Å². The van der Waals surface area contributed by atoms with Gasteiger partial charge in [-0.3, -0.25) is 4.79 Å². The summed E-state index contributed by atoms with van der Waals surface area (Å²) in [5.74, 6) is 2.48. The minimum atomic E-state index is -0.170. The maximum absolute atomic E-state index is 11.6. The van der Waals surface area contributed by atoms with Crippen LogP contribution < -0.4 is 5.32 Å². The average Bonchev–Trinajstić information content (AvgIpc) is 2.28. The van der Waals surface area contributed by atoms with Crippen LogP contribution in [0, 0.1) is 12.3 Å². The summed E-state index contributed by atoms with van der Waals surface area (Å²) in [5, 5.41) is 12.0. The van der Waals surface area contributed by atoms with Crippen molar-refractivity contribution in [2.24, 2.45) is 0 Å². The SMILES string of the molecule is C#CCCCCNC(=O)c1cccc(O)c1. The van der Waals surface area contributed by atoms with Crippen LogP contribution in [0.2, 0.25) is 0 Å². The van der Waals surface area contributed by atoms with E-state index in [1.54, 1.807) is 12.1 Å². The van der Waals surface area contributed by atoms with Crippen molar-refractivity contribution in [3.63, 3.8) is 0 Å². The molecule has 1 amide bonds. The Morgan fingerprint density at radius 2 is 2.25 bits per heavy atom. The topological polar surface area (TPSA) is 49.3 Å². The van der Waals surface area contributed by atoms with Gasteiger partial charge in [0, 0.05) is 18.5 Å². The first-order valence-corrected chi connectivity index (χ1v) is 5.24. The third-order valence-corrected chi connectivity index (χ3v) is 2.14. The van der Waals surface area contributed by atoms with Crippen molar-refractivity contribution in [3.05, 3.63) is 29.8 Å². The van der Waals surface area contributed by atoms with Crippen LogP contribution >= 0.6 is 0 Å². The van der Waals surface area contributed by atoms with Crippen molar-refractivity contribution in [1.82, 2.24) is 5.32 Å². The molecule has 0 aliphatic carbocycles. The number of nitrogens with one attached hydrogen (secondary N) is 1. The Hall–Kier alpha value is -1.95. The number of benzene rings is 1. The predicted octanol–water partition coefficient (Wildman–Crippen LogP) is 1.93. The number of phenols is 1. The zero-order chi connectivity index (χ0) is 11.8. The molecule has 0 aromatic heterocycles. The standard InChI is InChI=1S/C13H15NO2/c1-2-3-4-5-9-14-13(16)11-7-6-8-12(15)10-11/h1,6-8,10,15H,3-5,9H2,(H,14,16). The van der Waals surface area contributed by atoms with Crippen LogP contribution in [0.5, 0.6) is 5.75 Å². The predicted molar refractivity (Wildman–Crippen MR) is 63.1 cm³/mol. The van der Waals surface area contributed by atoms with Gasteiger partial charge in [-0.05, 0) is 31.0 Å². The van der Waals surface area contributed by atoms with Crippen molar-refractivity contribution in [2.45, 2.75) is 19.3 Å². The van der Waals surface area contributed by atoms with E-state index in [-0.39, 0.29) is 11.7 Å². The molecule has 0 aliphatic heterocycles. The van der Waals surface area contributed by atoms with Gasteiger partial charge in [0.1, 0.15) is 5.75 Å². The maximum Gasteiger partial charge on any atom is 0.251 e. The normalized spacial score (nSPS) is 9.44. The fourth-order valence-corrected chi connectivity index (χ4v) is 1.30. The lowest BCUT2D eigenvalue weighted by Crippen LogP contribution is -2.24. The molecule has 2 N–H and O–H groups in total. The molecule has 0 atom stereocenters. The highest BCUT2D eigenvalue weighted by atomic mass is 16.3. The number of amides is 1. The lowest BCUT2D eigenvalue weighted by atomic mass is 10.2. The number of phenolic OH excluding ortho intramolecular Hbond substituents is 1. The van der Waals surface area contributed by atoms with Gasteiger partial charge in [0.15, 0.2) is 0 Å². The molecule has 0 saturated heterocycles. The monoisotopic (exact) mass is 217 g/mol. The van der Waals surface area contributed by atoms with Crippen LogP contribution in [0.15, 0.2) is 24.3 Å². The van der Waals surface area contributed by atoms with Crippen LogP contribution in [0.4, 0.5) is 0 Å². The quantitative estimate of drug-likeness (QED) is 0.585. The molecule has 0 saturated carbocycles. The van der Waals surface area contributed by atoms with Crippen LogP contribution in [0.25, 0.3) is 0 Å². The van der Waals surface area contributed by atoms with Gasteiger partial charge in [-0.1, -0.05) is 6.07 Å². The molecular formula is C13H15NO2. The lowest BCUT2D eigenvalue weighted by Gasteiger charge is -2.04. The molecule has 1 rings (SSSR count). The maximum atomic E-state index is 11.6. The first kappa shape index (κ1) is 12.1. The number of carbonyl (C=O) groups is 1. The Morgan fingerprint density at radius 1 is 1.44 bits per heavy atom. The van der Waals surface area contributed by atoms with Crippen molar-refractivity contribution >= 4 is 5.91 Å². The molecule has 3 heteroatoms. The molecule has 0 bridgehead atoms. The second-order valence-electron chi connectivity index (χ2n) is 3.47. The van der Waals surface area contributed by atoms with E-state index in [9.17, 15) is 9.90 Å². The summed E-state index contributed by atoms with van der Waals surface area (Å²) in [5.41, 5.74) is 0.469. The molecule has 0 aliphatic rings. The van der Waals surface area contributed by atoms with E-state index in [0.29, 0.717) is 12.1 Å². The molecule has 0 fully saturated rings. The molecule has 84 valence electrons. The Kier molecular flexibility index (Phi) is 4.94. The molecule has 16 heavy (non-hydrogen) atoms. The number of hydrogen-bond donors (Lipinski definition) is 2. The van der Waals surface area contributed by atoms with Gasteiger partial charge < -0.3 is 10.4 Å². The summed E-state index contributed by atoms with van der Waals surface area (Å²) in [6.45, 7) is 0.607. The van der Waals surface area contributed by atoms with Crippen molar-refractivity contribution in [2.75, 3.05) is 6.54 Å². The van der Waals surface area contributed by atoms with Crippen LogP contribution in [-0.2, 0) is 0 Å². The number of carbonyl (C=O) groups excluding carboxylic acids is 1. The number of rotatable bonds is 5. The summed E-state index contributed by atoms with van der Waals surface area (Å²) in [6.07, 6.45) is 7.63. The van der Waals surface area contributed by atoms with Crippen molar-refractivity contribution < 1.29 is 9.90 Å². The second kappa shape index (κ2) is 6.52. The number of unbranched alkanes of at least 4 members (excludes halogenated alkanes) is 2. The molecule has 0 unspecified atom stereocenters. The van der Waals surface area contributed by atoms with Gasteiger partial charge in [0.2, 0.25) is 0 Å². The average molecular weight is 217 g/mol. The number of hydrogen-bond acceptors (Lipinski definition) is 2. The highest BCUT2D eigenvalue weighted by molar-refractivity contribution is 5.94. The first-order valence-electron chi connectivity index (χ1n) is 5.24.